The van der Waals surface area contributed by atoms with Gasteiger partial charge >= 0.3 is 0 Å². The Balaban J connectivity index is 2.33. The number of allylic oxidation sites excluding steroid dienone is 1. The first-order valence-corrected chi connectivity index (χ1v) is 5.68. The average Bonchev–Trinajstić information content (AvgIpc) is 2.47. The predicted octanol–water partition coefficient (Wildman–Crippen LogP) is 3.62. The SMILES string of the molecule is N#CC(=Cc1ccc(F)cc1)C(=O)c1ccccc1. The van der Waals surface area contributed by atoms with E-state index in [0.717, 1.165) is 0 Å². The first-order valence-electron chi connectivity index (χ1n) is 5.68. The van der Waals surface area contributed by atoms with Crippen molar-refractivity contribution in [3.05, 3.63) is 77.1 Å². The van der Waals surface area contributed by atoms with E-state index in [1.807, 2.05) is 6.07 Å². The van der Waals surface area contributed by atoms with Crippen LogP contribution in [0.15, 0.2) is 60.2 Å². The number of carbonyl (C=O) groups is 1. The Morgan fingerprint density at radius 2 is 1.68 bits per heavy atom. The van der Waals surface area contributed by atoms with Crippen molar-refractivity contribution < 1.29 is 9.18 Å². The third-order valence-corrected chi connectivity index (χ3v) is 2.58. The number of rotatable bonds is 3. The summed E-state index contributed by atoms with van der Waals surface area (Å²) in [6, 6.07) is 16.1. The molecule has 0 radical (unpaired) electrons. The van der Waals surface area contributed by atoms with Crippen LogP contribution in [-0.2, 0) is 0 Å². The first-order chi connectivity index (χ1) is 9.20. The maximum atomic E-state index is 12.8. The fourth-order valence-corrected chi connectivity index (χ4v) is 1.62. The molecular weight excluding hydrogens is 241 g/mol. The van der Waals surface area contributed by atoms with Gasteiger partial charge in [-0.2, -0.15) is 5.26 Å². The molecule has 0 fully saturated rings. The molecule has 0 heterocycles. The number of ketones is 1. The Labute approximate surface area is 110 Å². The van der Waals surface area contributed by atoms with Crippen molar-refractivity contribution in [3.63, 3.8) is 0 Å². The van der Waals surface area contributed by atoms with Crippen LogP contribution >= 0.6 is 0 Å². The van der Waals surface area contributed by atoms with Crippen molar-refractivity contribution >= 4 is 11.9 Å². The molecular formula is C16H10FNO. The largest absolute Gasteiger partial charge is 0.288 e. The number of hydrogen-bond acceptors (Lipinski definition) is 2. The molecule has 0 aliphatic heterocycles. The minimum absolute atomic E-state index is 0.0257. The van der Waals surface area contributed by atoms with Crippen molar-refractivity contribution in [1.29, 1.82) is 5.26 Å². The van der Waals surface area contributed by atoms with Gasteiger partial charge < -0.3 is 0 Å². The van der Waals surface area contributed by atoms with Crippen molar-refractivity contribution in [2.75, 3.05) is 0 Å². The van der Waals surface area contributed by atoms with Gasteiger partial charge in [-0.25, -0.2) is 4.39 Å². The van der Waals surface area contributed by atoms with Gasteiger partial charge in [0.2, 0.25) is 5.78 Å². The second-order valence-corrected chi connectivity index (χ2v) is 3.92. The zero-order valence-electron chi connectivity index (χ0n) is 10.0. The molecule has 2 rings (SSSR count). The molecule has 0 aromatic heterocycles. The molecule has 3 heteroatoms. The smallest absolute Gasteiger partial charge is 0.203 e. The lowest BCUT2D eigenvalue weighted by molar-refractivity contribution is 0.104. The second-order valence-electron chi connectivity index (χ2n) is 3.92. The summed E-state index contributed by atoms with van der Waals surface area (Å²) in [5.41, 5.74) is 1.09. The zero-order chi connectivity index (χ0) is 13.7. The third kappa shape index (κ3) is 3.14. The number of benzene rings is 2. The van der Waals surface area contributed by atoms with Gasteiger partial charge in [-0.3, -0.25) is 4.79 Å². The maximum absolute atomic E-state index is 12.8. The summed E-state index contributed by atoms with van der Waals surface area (Å²) in [7, 11) is 0. The summed E-state index contributed by atoms with van der Waals surface area (Å²) in [6.07, 6.45) is 1.45. The first kappa shape index (κ1) is 12.7. The van der Waals surface area contributed by atoms with Crippen LogP contribution in [0.2, 0.25) is 0 Å². The third-order valence-electron chi connectivity index (χ3n) is 2.58. The fourth-order valence-electron chi connectivity index (χ4n) is 1.62. The van der Waals surface area contributed by atoms with Gasteiger partial charge in [0.05, 0.1) is 0 Å². The summed E-state index contributed by atoms with van der Waals surface area (Å²) in [5.74, 6) is -0.697. The van der Waals surface area contributed by atoms with E-state index in [9.17, 15) is 9.18 Å². The highest BCUT2D eigenvalue weighted by Gasteiger charge is 2.11. The van der Waals surface area contributed by atoms with E-state index < -0.39 is 0 Å². The van der Waals surface area contributed by atoms with Gasteiger partial charge in [0.15, 0.2) is 0 Å². The van der Waals surface area contributed by atoms with Gasteiger partial charge in [0, 0.05) is 5.56 Å². The fraction of sp³-hybridized carbons (Fsp3) is 0. The molecule has 0 saturated heterocycles. The van der Waals surface area contributed by atoms with Crippen molar-refractivity contribution in [1.82, 2.24) is 0 Å². The Kier molecular flexibility index (Phi) is 3.84. The number of Topliss-reactive ketones (excluding diaryl/α,β-unsaturated/α-hetero) is 1. The molecule has 2 nitrogen and oxygen atoms in total. The van der Waals surface area contributed by atoms with Crippen LogP contribution in [0, 0.1) is 17.1 Å². The Bertz CT molecular complexity index is 651. The molecule has 0 atom stereocenters. The molecule has 0 unspecified atom stereocenters. The topological polar surface area (TPSA) is 40.9 Å². The molecule has 0 amide bonds. The Morgan fingerprint density at radius 3 is 2.26 bits per heavy atom. The van der Waals surface area contributed by atoms with Gasteiger partial charge in [-0.1, -0.05) is 42.5 Å². The van der Waals surface area contributed by atoms with Gasteiger partial charge in [0.25, 0.3) is 0 Å². The normalized spacial score (nSPS) is 10.8. The molecule has 2 aromatic carbocycles. The minimum Gasteiger partial charge on any atom is -0.288 e. The summed E-state index contributed by atoms with van der Waals surface area (Å²) < 4.78 is 12.8. The predicted molar refractivity (Wildman–Crippen MR) is 70.8 cm³/mol. The van der Waals surface area contributed by atoms with Crippen LogP contribution in [0.3, 0.4) is 0 Å². The molecule has 0 N–H and O–H groups in total. The lowest BCUT2D eigenvalue weighted by Crippen LogP contribution is -2.01. The molecule has 92 valence electrons. The highest BCUT2D eigenvalue weighted by atomic mass is 19.1. The van der Waals surface area contributed by atoms with Crippen molar-refractivity contribution in [2.24, 2.45) is 0 Å². The molecule has 2 aromatic rings. The van der Waals surface area contributed by atoms with E-state index >= 15 is 0 Å². The molecule has 0 bridgehead atoms. The zero-order valence-corrected chi connectivity index (χ0v) is 10.0. The van der Waals surface area contributed by atoms with Crippen molar-refractivity contribution in [2.45, 2.75) is 0 Å². The number of carbonyl (C=O) groups excluding carboxylic acids is 1. The van der Waals surface area contributed by atoms with Crippen LogP contribution in [0.25, 0.3) is 6.08 Å². The van der Waals surface area contributed by atoms with Gasteiger partial charge in [-0.05, 0) is 23.8 Å². The number of halogens is 1. The molecule has 0 spiro atoms. The lowest BCUT2D eigenvalue weighted by atomic mass is 10.0. The number of nitriles is 1. The average molecular weight is 251 g/mol. The standard InChI is InChI=1S/C16H10FNO/c17-15-8-6-12(7-9-15)10-14(11-18)16(19)13-4-2-1-3-5-13/h1-10H. The second kappa shape index (κ2) is 5.74. The van der Waals surface area contributed by atoms with E-state index in [4.69, 9.17) is 5.26 Å². The van der Waals surface area contributed by atoms with Crippen LogP contribution in [-0.4, -0.2) is 5.78 Å². The molecule has 0 aliphatic carbocycles. The summed E-state index contributed by atoms with van der Waals surface area (Å²) in [5, 5.41) is 9.06. The van der Waals surface area contributed by atoms with E-state index in [-0.39, 0.29) is 17.2 Å². The van der Waals surface area contributed by atoms with Crippen LogP contribution in [0.4, 0.5) is 4.39 Å². The molecule has 0 aliphatic rings. The number of hydrogen-bond donors (Lipinski definition) is 0. The lowest BCUT2D eigenvalue weighted by Gasteiger charge is -1.99. The van der Waals surface area contributed by atoms with E-state index in [1.54, 1.807) is 30.3 Å². The van der Waals surface area contributed by atoms with Gasteiger partial charge in [-0.15, -0.1) is 0 Å². The minimum atomic E-state index is -0.356. The van der Waals surface area contributed by atoms with E-state index in [0.29, 0.717) is 11.1 Å². The molecule has 19 heavy (non-hydrogen) atoms. The summed E-state index contributed by atoms with van der Waals surface area (Å²) in [6.45, 7) is 0. The Morgan fingerprint density at radius 1 is 1.05 bits per heavy atom. The van der Waals surface area contributed by atoms with Gasteiger partial charge in [0.1, 0.15) is 17.5 Å². The Hall–Kier alpha value is -2.73. The maximum Gasteiger partial charge on any atom is 0.203 e. The van der Waals surface area contributed by atoms with Crippen LogP contribution in [0.1, 0.15) is 15.9 Å². The van der Waals surface area contributed by atoms with E-state index in [1.165, 1.54) is 30.3 Å². The quantitative estimate of drug-likeness (QED) is 0.475. The summed E-state index contributed by atoms with van der Waals surface area (Å²) in [4.78, 5) is 12.1. The monoisotopic (exact) mass is 251 g/mol. The van der Waals surface area contributed by atoms with E-state index in [2.05, 4.69) is 0 Å². The van der Waals surface area contributed by atoms with Crippen LogP contribution in [0.5, 0.6) is 0 Å². The van der Waals surface area contributed by atoms with Crippen LogP contribution < -0.4 is 0 Å². The summed E-state index contributed by atoms with van der Waals surface area (Å²) >= 11 is 0. The molecule has 0 saturated carbocycles. The number of nitrogens with zero attached hydrogens (tertiary/aromatic N) is 1. The highest BCUT2D eigenvalue weighted by Crippen LogP contribution is 2.13. The van der Waals surface area contributed by atoms with Crippen molar-refractivity contribution in [3.8, 4) is 6.07 Å². The highest BCUT2D eigenvalue weighted by molar-refractivity contribution is 6.13.